The van der Waals surface area contributed by atoms with Gasteiger partial charge < -0.3 is 9.47 Å². The smallest absolute Gasteiger partial charge is 0.238 e. The number of hydrogen-bond donors (Lipinski definition) is 0. The molecule has 0 bridgehead atoms. The number of aromatic nitrogens is 3. The standard InChI is InChI=1S/C24H18ClF2N3O3S/c1-14-32-21-9-2-15(10-22(21)33-14)11-23-28-29-24(30(23)19-7-5-17(26)6-8-19)34(31)13-16-3-4-18(27)12-20(16)25/h2-10,12,14H,11,13H2,1H3. The minimum Gasteiger partial charge on any atom is -0.451 e. The van der Waals surface area contributed by atoms with Crippen LogP contribution >= 0.6 is 11.6 Å². The molecule has 0 saturated carbocycles. The fourth-order valence-corrected chi connectivity index (χ4v) is 5.20. The highest BCUT2D eigenvalue weighted by Crippen LogP contribution is 2.35. The Morgan fingerprint density at radius 2 is 1.71 bits per heavy atom. The molecule has 0 spiro atoms. The van der Waals surface area contributed by atoms with Crippen molar-refractivity contribution in [1.82, 2.24) is 14.8 Å². The largest absolute Gasteiger partial charge is 0.451 e. The summed E-state index contributed by atoms with van der Waals surface area (Å²) in [7, 11) is -1.67. The first-order valence-electron chi connectivity index (χ1n) is 10.4. The van der Waals surface area contributed by atoms with E-state index >= 15 is 0 Å². The van der Waals surface area contributed by atoms with Gasteiger partial charge in [-0.05, 0) is 59.7 Å². The molecule has 0 aliphatic carbocycles. The Bertz CT molecular complexity index is 1390. The number of nitrogens with zero attached hydrogens (tertiary/aromatic N) is 3. The Hall–Kier alpha value is -3.30. The molecule has 0 N–H and O–H groups in total. The maximum atomic E-state index is 13.6. The van der Waals surface area contributed by atoms with Crippen LogP contribution < -0.4 is 9.47 Å². The molecule has 1 aliphatic rings. The predicted molar refractivity (Wildman–Crippen MR) is 123 cm³/mol. The summed E-state index contributed by atoms with van der Waals surface area (Å²) in [6, 6.07) is 15.2. The third kappa shape index (κ3) is 4.53. The molecule has 6 nitrogen and oxygen atoms in total. The molecule has 10 heteroatoms. The molecule has 0 radical (unpaired) electrons. The van der Waals surface area contributed by atoms with Gasteiger partial charge in [0.1, 0.15) is 17.5 Å². The minimum absolute atomic E-state index is 0.0142. The summed E-state index contributed by atoms with van der Waals surface area (Å²) in [5, 5.41) is 8.82. The van der Waals surface area contributed by atoms with Gasteiger partial charge in [-0.1, -0.05) is 23.7 Å². The van der Waals surface area contributed by atoms with Crippen molar-refractivity contribution in [2.45, 2.75) is 30.5 Å². The number of rotatable bonds is 6. The van der Waals surface area contributed by atoms with Crippen LogP contribution in [0.2, 0.25) is 5.02 Å². The fourth-order valence-electron chi connectivity index (χ4n) is 3.67. The lowest BCUT2D eigenvalue weighted by molar-refractivity contribution is 0.0678. The van der Waals surface area contributed by atoms with Crippen LogP contribution in [0.1, 0.15) is 23.9 Å². The highest BCUT2D eigenvalue weighted by Gasteiger charge is 2.23. The van der Waals surface area contributed by atoms with E-state index in [1.807, 2.05) is 18.2 Å². The molecule has 1 aromatic heterocycles. The van der Waals surface area contributed by atoms with Crippen LogP contribution in [-0.4, -0.2) is 25.3 Å². The Kier molecular flexibility index (Phi) is 6.05. The van der Waals surface area contributed by atoms with E-state index in [2.05, 4.69) is 10.2 Å². The Morgan fingerprint density at radius 1 is 0.971 bits per heavy atom. The molecule has 1 aliphatic heterocycles. The number of fused-ring (bicyclic) bond motifs is 1. The van der Waals surface area contributed by atoms with Crippen LogP contribution in [0.15, 0.2) is 65.8 Å². The molecule has 2 unspecified atom stereocenters. The van der Waals surface area contributed by atoms with Crippen LogP contribution in [0, 0.1) is 11.6 Å². The monoisotopic (exact) mass is 501 g/mol. The van der Waals surface area contributed by atoms with Crippen molar-refractivity contribution in [3.8, 4) is 17.2 Å². The van der Waals surface area contributed by atoms with Gasteiger partial charge in [-0.3, -0.25) is 8.78 Å². The van der Waals surface area contributed by atoms with Crippen LogP contribution in [0.4, 0.5) is 8.78 Å². The van der Waals surface area contributed by atoms with E-state index in [-0.39, 0.29) is 22.2 Å². The third-order valence-corrected chi connectivity index (χ3v) is 6.84. The van der Waals surface area contributed by atoms with E-state index in [4.69, 9.17) is 21.1 Å². The van der Waals surface area contributed by atoms with Gasteiger partial charge in [0.2, 0.25) is 11.4 Å². The second kappa shape index (κ2) is 9.15. The maximum Gasteiger partial charge on any atom is 0.238 e. The zero-order valence-electron chi connectivity index (χ0n) is 17.9. The molecular formula is C24H18ClF2N3O3S. The van der Waals surface area contributed by atoms with E-state index in [0.717, 1.165) is 5.56 Å². The number of hydrogen-bond acceptors (Lipinski definition) is 5. The van der Waals surface area contributed by atoms with Gasteiger partial charge >= 0.3 is 0 Å². The summed E-state index contributed by atoms with van der Waals surface area (Å²) < 4.78 is 53.1. The summed E-state index contributed by atoms with van der Waals surface area (Å²) in [5.74, 6) is 0.938. The Morgan fingerprint density at radius 3 is 2.47 bits per heavy atom. The van der Waals surface area contributed by atoms with Crippen LogP contribution in [-0.2, 0) is 23.0 Å². The normalized spacial score (nSPS) is 15.5. The predicted octanol–water partition coefficient (Wildman–Crippen LogP) is 5.21. The number of benzene rings is 3. The SMILES string of the molecule is CC1Oc2ccc(Cc3nnc(S(=O)Cc4ccc(F)cc4Cl)n3-c3ccc(F)cc3)cc2O1. The van der Waals surface area contributed by atoms with Crippen molar-refractivity contribution in [1.29, 1.82) is 0 Å². The van der Waals surface area contributed by atoms with E-state index in [1.165, 1.54) is 30.3 Å². The third-order valence-electron chi connectivity index (χ3n) is 5.25. The van der Waals surface area contributed by atoms with Gasteiger partial charge in [0.15, 0.2) is 11.5 Å². The van der Waals surface area contributed by atoms with Crippen molar-refractivity contribution >= 4 is 22.4 Å². The fraction of sp³-hybridized carbons (Fsp3) is 0.167. The first kappa shape index (κ1) is 22.5. The first-order valence-corrected chi connectivity index (χ1v) is 12.1. The quantitative estimate of drug-likeness (QED) is 0.362. The van der Waals surface area contributed by atoms with Gasteiger partial charge in [-0.15, -0.1) is 10.2 Å². The summed E-state index contributed by atoms with van der Waals surface area (Å²) in [6.07, 6.45) is -0.00962. The lowest BCUT2D eigenvalue weighted by atomic mass is 10.1. The zero-order valence-corrected chi connectivity index (χ0v) is 19.4. The molecular weight excluding hydrogens is 484 g/mol. The average Bonchev–Trinajstić information content (AvgIpc) is 3.38. The second-order valence-corrected chi connectivity index (χ2v) is 9.45. The van der Waals surface area contributed by atoms with Gasteiger partial charge in [0.25, 0.3) is 0 Å². The van der Waals surface area contributed by atoms with E-state index < -0.39 is 22.4 Å². The molecule has 5 rings (SSSR count). The van der Waals surface area contributed by atoms with E-state index in [1.54, 1.807) is 23.6 Å². The average molecular weight is 502 g/mol. The molecule has 0 amide bonds. The minimum atomic E-state index is -1.67. The molecule has 0 saturated heterocycles. The van der Waals surface area contributed by atoms with Crippen molar-refractivity contribution in [3.05, 3.63) is 94.3 Å². The number of halogens is 3. The molecule has 4 aromatic rings. The van der Waals surface area contributed by atoms with Crippen molar-refractivity contribution < 1.29 is 22.5 Å². The van der Waals surface area contributed by atoms with E-state index in [9.17, 15) is 13.0 Å². The topological polar surface area (TPSA) is 66.2 Å². The van der Waals surface area contributed by atoms with Crippen LogP contribution in [0.3, 0.4) is 0 Å². The van der Waals surface area contributed by atoms with Gasteiger partial charge in [0, 0.05) is 24.1 Å². The van der Waals surface area contributed by atoms with Gasteiger partial charge in [-0.2, -0.15) is 0 Å². The van der Waals surface area contributed by atoms with Crippen molar-refractivity contribution in [2.75, 3.05) is 0 Å². The molecule has 3 aromatic carbocycles. The first-order chi connectivity index (χ1) is 16.4. The highest BCUT2D eigenvalue weighted by molar-refractivity contribution is 7.84. The number of ether oxygens (including phenoxy) is 2. The molecule has 2 atom stereocenters. The Balaban J connectivity index is 1.51. The zero-order chi connectivity index (χ0) is 23.8. The Labute approximate surface area is 201 Å². The van der Waals surface area contributed by atoms with Crippen molar-refractivity contribution in [3.63, 3.8) is 0 Å². The molecule has 34 heavy (non-hydrogen) atoms. The molecule has 2 heterocycles. The summed E-state index contributed by atoms with van der Waals surface area (Å²) in [5.41, 5.74) is 1.96. The van der Waals surface area contributed by atoms with Crippen molar-refractivity contribution in [2.24, 2.45) is 0 Å². The lowest BCUT2D eigenvalue weighted by Crippen LogP contribution is -2.11. The molecule has 0 fully saturated rings. The van der Waals surface area contributed by atoms with Gasteiger partial charge in [0.05, 0.1) is 16.6 Å². The second-order valence-electron chi connectivity index (χ2n) is 7.70. The van der Waals surface area contributed by atoms with E-state index in [0.29, 0.717) is 35.0 Å². The molecule has 174 valence electrons. The summed E-state index contributed by atoms with van der Waals surface area (Å²) >= 11 is 6.12. The van der Waals surface area contributed by atoms with Crippen LogP contribution in [0.5, 0.6) is 11.5 Å². The summed E-state index contributed by atoms with van der Waals surface area (Å²) in [6.45, 7) is 1.81. The van der Waals surface area contributed by atoms with Gasteiger partial charge in [-0.25, -0.2) is 8.78 Å². The van der Waals surface area contributed by atoms with Crippen LogP contribution in [0.25, 0.3) is 5.69 Å². The summed E-state index contributed by atoms with van der Waals surface area (Å²) in [4.78, 5) is 0. The lowest BCUT2D eigenvalue weighted by Gasteiger charge is -2.11. The maximum absolute atomic E-state index is 13.6. The highest BCUT2D eigenvalue weighted by atomic mass is 35.5.